The maximum absolute atomic E-state index is 11.4. The maximum Gasteiger partial charge on any atom is 0.252 e. The van der Waals surface area contributed by atoms with Gasteiger partial charge >= 0.3 is 0 Å². The van der Waals surface area contributed by atoms with Gasteiger partial charge in [-0.3, -0.25) is 4.79 Å². The first-order valence-electron chi connectivity index (χ1n) is 5.43. The molecule has 1 heterocycles. The van der Waals surface area contributed by atoms with Gasteiger partial charge in [-0.05, 0) is 23.2 Å². The summed E-state index contributed by atoms with van der Waals surface area (Å²) in [5.74, 6) is 0.245. The van der Waals surface area contributed by atoms with Crippen molar-refractivity contribution in [1.29, 1.82) is 0 Å². The second-order valence-electron chi connectivity index (χ2n) is 3.71. The lowest BCUT2D eigenvalue weighted by Crippen LogP contribution is -2.05. The molecule has 19 heavy (non-hydrogen) atoms. The van der Waals surface area contributed by atoms with Crippen LogP contribution in [0.2, 0.25) is 0 Å². The first-order valence-corrected chi connectivity index (χ1v) is 5.81. The third kappa shape index (κ3) is 2.95. The highest BCUT2D eigenvalue weighted by molar-refractivity contribution is 6.67. The topological polar surface area (TPSA) is 64.3 Å². The van der Waals surface area contributed by atoms with E-state index < -0.39 is 5.24 Å². The van der Waals surface area contributed by atoms with Crippen LogP contribution in [0.3, 0.4) is 0 Å². The summed E-state index contributed by atoms with van der Waals surface area (Å²) in [5, 5.41) is 12.1. The van der Waals surface area contributed by atoms with Crippen molar-refractivity contribution in [2.45, 2.75) is 6.61 Å². The smallest absolute Gasteiger partial charge is 0.252 e. The molecule has 2 rings (SSSR count). The molecule has 0 atom stereocenters. The molecule has 1 aromatic heterocycles. The van der Waals surface area contributed by atoms with Gasteiger partial charge in [0.25, 0.3) is 5.24 Å². The van der Waals surface area contributed by atoms with Crippen molar-refractivity contribution in [2.75, 3.05) is 0 Å². The second kappa shape index (κ2) is 5.58. The minimum Gasteiger partial charge on any atom is -0.472 e. The highest BCUT2D eigenvalue weighted by Gasteiger charge is 2.13. The Labute approximate surface area is 114 Å². The van der Waals surface area contributed by atoms with Crippen LogP contribution in [-0.4, -0.2) is 20.4 Å². The van der Waals surface area contributed by atoms with E-state index in [1.807, 2.05) is 0 Å². The molecule has 0 aliphatic heterocycles. The number of carbonyl (C=O) groups is 1. The molecule has 0 radical (unpaired) electrons. The van der Waals surface area contributed by atoms with Crippen LogP contribution in [0, 0.1) is 0 Å². The van der Waals surface area contributed by atoms with Crippen molar-refractivity contribution in [3.63, 3.8) is 0 Å². The standard InChI is InChI=1S/C13H11ClN2O3/c1-2-9-4-3-5-10(13(14)17)11(9)8-19-12-6-7-16(18)15-12/h2-7,18H,1,8H2. The fourth-order valence-electron chi connectivity index (χ4n) is 1.66. The molecule has 0 fully saturated rings. The summed E-state index contributed by atoms with van der Waals surface area (Å²) in [4.78, 5) is 12.0. The molecule has 1 N–H and O–H groups in total. The summed E-state index contributed by atoms with van der Waals surface area (Å²) >= 11 is 5.53. The predicted octanol–water partition coefficient (Wildman–Crippen LogP) is 2.72. The SMILES string of the molecule is C=Cc1cccc(C(=O)Cl)c1COc1ccn(O)n1. The van der Waals surface area contributed by atoms with Gasteiger partial charge in [0.2, 0.25) is 5.88 Å². The number of carbonyl (C=O) groups excluding carboxylic acids is 1. The number of ether oxygens (including phenoxy) is 1. The maximum atomic E-state index is 11.4. The van der Waals surface area contributed by atoms with E-state index in [0.717, 1.165) is 5.56 Å². The van der Waals surface area contributed by atoms with E-state index in [1.54, 1.807) is 24.3 Å². The average molecular weight is 279 g/mol. The molecule has 5 nitrogen and oxygen atoms in total. The van der Waals surface area contributed by atoms with Crippen molar-refractivity contribution >= 4 is 22.9 Å². The Balaban J connectivity index is 2.27. The molecule has 0 amide bonds. The number of nitrogens with zero attached hydrogens (tertiary/aromatic N) is 2. The van der Waals surface area contributed by atoms with Gasteiger partial charge in [-0.2, -0.15) is 0 Å². The summed E-state index contributed by atoms with van der Waals surface area (Å²) in [6, 6.07) is 6.64. The Morgan fingerprint density at radius 3 is 2.89 bits per heavy atom. The number of halogens is 1. The monoisotopic (exact) mass is 278 g/mol. The van der Waals surface area contributed by atoms with Crippen LogP contribution in [0.1, 0.15) is 21.5 Å². The third-order valence-corrected chi connectivity index (χ3v) is 2.76. The van der Waals surface area contributed by atoms with E-state index in [-0.39, 0.29) is 12.5 Å². The number of benzene rings is 1. The zero-order chi connectivity index (χ0) is 13.8. The van der Waals surface area contributed by atoms with Crippen molar-refractivity contribution in [3.8, 4) is 5.88 Å². The fourth-order valence-corrected chi connectivity index (χ4v) is 1.84. The third-order valence-electron chi connectivity index (χ3n) is 2.56. The van der Waals surface area contributed by atoms with Crippen molar-refractivity contribution in [2.24, 2.45) is 0 Å². The van der Waals surface area contributed by atoms with Crippen LogP contribution in [0.25, 0.3) is 6.08 Å². The normalized spacial score (nSPS) is 10.2. The zero-order valence-electron chi connectivity index (χ0n) is 9.91. The molecule has 0 aliphatic rings. The average Bonchev–Trinajstić information content (AvgIpc) is 2.81. The van der Waals surface area contributed by atoms with Crippen molar-refractivity contribution in [3.05, 3.63) is 53.7 Å². The van der Waals surface area contributed by atoms with Crippen molar-refractivity contribution < 1.29 is 14.7 Å². The van der Waals surface area contributed by atoms with E-state index in [4.69, 9.17) is 21.5 Å². The molecule has 1 aromatic carbocycles. The van der Waals surface area contributed by atoms with Gasteiger partial charge in [0.05, 0.1) is 6.20 Å². The Kier molecular flexibility index (Phi) is 3.87. The minimum absolute atomic E-state index is 0.104. The van der Waals surface area contributed by atoms with Crippen LogP contribution in [-0.2, 0) is 6.61 Å². The molecule has 2 aromatic rings. The molecular weight excluding hydrogens is 268 g/mol. The van der Waals surface area contributed by atoms with E-state index in [1.165, 1.54) is 12.3 Å². The largest absolute Gasteiger partial charge is 0.472 e. The summed E-state index contributed by atoms with van der Waals surface area (Å²) in [6.45, 7) is 3.79. The Hall–Kier alpha value is -2.27. The van der Waals surface area contributed by atoms with Crippen molar-refractivity contribution in [1.82, 2.24) is 9.94 Å². The number of rotatable bonds is 5. The van der Waals surface area contributed by atoms with Gasteiger partial charge in [0.15, 0.2) is 0 Å². The summed E-state index contributed by atoms with van der Waals surface area (Å²) in [7, 11) is 0. The van der Waals surface area contributed by atoms with Crippen LogP contribution in [0.4, 0.5) is 0 Å². The van der Waals surface area contributed by atoms with Crippen LogP contribution < -0.4 is 4.74 Å². The molecule has 0 bridgehead atoms. The molecule has 98 valence electrons. The highest BCUT2D eigenvalue weighted by Crippen LogP contribution is 2.20. The molecule has 0 saturated heterocycles. The van der Waals surface area contributed by atoms with Gasteiger partial charge in [0.1, 0.15) is 6.61 Å². The lowest BCUT2D eigenvalue weighted by Gasteiger charge is -2.10. The van der Waals surface area contributed by atoms with Gasteiger partial charge in [-0.25, -0.2) is 0 Å². The van der Waals surface area contributed by atoms with E-state index in [9.17, 15) is 4.79 Å². The molecule has 6 heteroatoms. The van der Waals surface area contributed by atoms with Gasteiger partial charge in [-0.1, -0.05) is 29.9 Å². The first kappa shape index (κ1) is 13.2. The van der Waals surface area contributed by atoms with E-state index in [2.05, 4.69) is 11.7 Å². The molecular formula is C13H11ClN2O3. The summed E-state index contributed by atoms with van der Waals surface area (Å²) in [5.41, 5.74) is 1.75. The number of hydrogen-bond donors (Lipinski definition) is 1. The summed E-state index contributed by atoms with van der Waals surface area (Å²) < 4.78 is 5.40. The molecule has 0 unspecified atom stereocenters. The lowest BCUT2D eigenvalue weighted by molar-refractivity contribution is 0.107. The van der Waals surface area contributed by atoms with Crippen LogP contribution >= 0.6 is 11.6 Å². The van der Waals surface area contributed by atoms with E-state index in [0.29, 0.717) is 16.0 Å². The Morgan fingerprint density at radius 2 is 2.32 bits per heavy atom. The highest BCUT2D eigenvalue weighted by atomic mass is 35.5. The Bertz CT molecular complexity index is 622. The number of aromatic nitrogens is 2. The van der Waals surface area contributed by atoms with Crippen LogP contribution in [0.15, 0.2) is 37.0 Å². The molecule has 0 aliphatic carbocycles. The van der Waals surface area contributed by atoms with E-state index >= 15 is 0 Å². The zero-order valence-corrected chi connectivity index (χ0v) is 10.7. The van der Waals surface area contributed by atoms with Gasteiger partial charge in [0, 0.05) is 17.2 Å². The number of hydrogen-bond acceptors (Lipinski definition) is 4. The fraction of sp³-hybridized carbons (Fsp3) is 0.0769. The quantitative estimate of drug-likeness (QED) is 0.675. The first-order chi connectivity index (χ1) is 9.11. The second-order valence-corrected chi connectivity index (χ2v) is 4.06. The van der Waals surface area contributed by atoms with Gasteiger partial charge < -0.3 is 9.94 Å². The summed E-state index contributed by atoms with van der Waals surface area (Å²) in [6.07, 6.45) is 2.95. The van der Waals surface area contributed by atoms with Crippen LogP contribution in [0.5, 0.6) is 5.88 Å². The van der Waals surface area contributed by atoms with Gasteiger partial charge in [-0.15, -0.1) is 4.85 Å². The molecule has 0 saturated carbocycles. The minimum atomic E-state index is -0.560. The Morgan fingerprint density at radius 1 is 1.53 bits per heavy atom. The predicted molar refractivity (Wildman–Crippen MR) is 70.5 cm³/mol. The molecule has 0 spiro atoms. The lowest BCUT2D eigenvalue weighted by atomic mass is 10.0.